The fraction of sp³-hybridized carbons (Fsp3) is 0.312. The van der Waals surface area contributed by atoms with Crippen LogP contribution in [0.3, 0.4) is 0 Å². The van der Waals surface area contributed by atoms with Crippen molar-refractivity contribution in [3.05, 3.63) is 52.4 Å². The van der Waals surface area contributed by atoms with Gasteiger partial charge in [-0.2, -0.15) is 14.6 Å². The van der Waals surface area contributed by atoms with Crippen LogP contribution >= 0.6 is 11.6 Å². The van der Waals surface area contributed by atoms with Crippen LogP contribution < -0.4 is 4.90 Å². The molecule has 0 radical (unpaired) electrons. The van der Waals surface area contributed by atoms with Gasteiger partial charge in [0, 0.05) is 29.4 Å². The highest BCUT2D eigenvalue weighted by Crippen LogP contribution is 2.31. The monoisotopic (exact) mass is 313 g/mol. The molecule has 112 valence electrons. The molecule has 3 heterocycles. The number of fused-ring (bicyclic) bond motifs is 3. The van der Waals surface area contributed by atoms with Crippen molar-refractivity contribution in [3.63, 3.8) is 0 Å². The van der Waals surface area contributed by atoms with Crippen LogP contribution in [-0.2, 0) is 13.0 Å². The molecule has 0 saturated heterocycles. The standard InChI is InChI=1S/C16H16ClN5/c1-11-13-6-4-8-21(9-12-5-2-3-7-14(12)17)15(13)22-16(20-11)18-10-19-22/h2-3,5,7,10H,4,6,8-9H2,1H3. The SMILES string of the molecule is Cc1nc2ncnn2c2c1CCCN2Cc1ccccc1Cl. The first-order valence-corrected chi connectivity index (χ1v) is 7.79. The van der Waals surface area contributed by atoms with Crippen LogP contribution in [0.2, 0.25) is 5.02 Å². The fourth-order valence-corrected chi connectivity index (χ4v) is 3.32. The van der Waals surface area contributed by atoms with E-state index in [2.05, 4.69) is 26.0 Å². The van der Waals surface area contributed by atoms with E-state index in [1.807, 2.05) is 29.6 Å². The Morgan fingerprint density at radius 1 is 1.27 bits per heavy atom. The Morgan fingerprint density at radius 2 is 2.14 bits per heavy atom. The minimum absolute atomic E-state index is 0.655. The molecule has 0 spiro atoms. The van der Waals surface area contributed by atoms with E-state index in [1.165, 1.54) is 5.56 Å². The Balaban J connectivity index is 1.83. The highest BCUT2D eigenvalue weighted by Gasteiger charge is 2.24. The van der Waals surface area contributed by atoms with Gasteiger partial charge >= 0.3 is 0 Å². The van der Waals surface area contributed by atoms with Gasteiger partial charge < -0.3 is 4.90 Å². The van der Waals surface area contributed by atoms with E-state index in [4.69, 9.17) is 11.6 Å². The van der Waals surface area contributed by atoms with Crippen LogP contribution in [0, 0.1) is 6.92 Å². The van der Waals surface area contributed by atoms with Gasteiger partial charge in [0.15, 0.2) is 0 Å². The molecule has 0 atom stereocenters. The van der Waals surface area contributed by atoms with E-state index in [9.17, 15) is 0 Å². The minimum Gasteiger partial charge on any atom is -0.352 e. The quantitative estimate of drug-likeness (QED) is 0.729. The van der Waals surface area contributed by atoms with Gasteiger partial charge in [-0.1, -0.05) is 29.8 Å². The molecule has 0 fully saturated rings. The second-order valence-corrected chi connectivity index (χ2v) is 5.99. The number of aromatic nitrogens is 4. The van der Waals surface area contributed by atoms with Crippen molar-refractivity contribution in [2.75, 3.05) is 11.4 Å². The van der Waals surface area contributed by atoms with Crippen molar-refractivity contribution in [2.45, 2.75) is 26.3 Å². The van der Waals surface area contributed by atoms with Crippen molar-refractivity contribution >= 4 is 23.2 Å². The Labute approximate surface area is 133 Å². The Morgan fingerprint density at radius 3 is 3.00 bits per heavy atom. The second kappa shape index (κ2) is 5.25. The summed E-state index contributed by atoms with van der Waals surface area (Å²) in [5, 5.41) is 5.16. The van der Waals surface area contributed by atoms with E-state index in [0.717, 1.165) is 48.0 Å². The van der Waals surface area contributed by atoms with Crippen molar-refractivity contribution in [1.29, 1.82) is 0 Å². The van der Waals surface area contributed by atoms with Crippen LogP contribution in [0.15, 0.2) is 30.6 Å². The van der Waals surface area contributed by atoms with Crippen LogP contribution in [0.5, 0.6) is 0 Å². The number of hydrogen-bond acceptors (Lipinski definition) is 4. The summed E-state index contributed by atoms with van der Waals surface area (Å²) < 4.78 is 1.85. The maximum Gasteiger partial charge on any atom is 0.254 e. The van der Waals surface area contributed by atoms with Crippen LogP contribution in [0.25, 0.3) is 5.78 Å². The van der Waals surface area contributed by atoms with Crippen molar-refractivity contribution in [2.24, 2.45) is 0 Å². The van der Waals surface area contributed by atoms with Gasteiger partial charge in [0.05, 0.1) is 0 Å². The Bertz CT molecular complexity index is 842. The normalized spacial score (nSPS) is 14.4. The molecule has 1 aromatic carbocycles. The lowest BCUT2D eigenvalue weighted by Crippen LogP contribution is -2.32. The molecule has 0 saturated carbocycles. The molecule has 0 aliphatic carbocycles. The van der Waals surface area contributed by atoms with Crippen molar-refractivity contribution in [1.82, 2.24) is 19.6 Å². The summed E-state index contributed by atoms with van der Waals surface area (Å²) in [6.07, 6.45) is 3.70. The molecule has 3 aromatic rings. The molecule has 1 aliphatic heterocycles. The van der Waals surface area contributed by atoms with E-state index in [0.29, 0.717) is 5.78 Å². The van der Waals surface area contributed by atoms with Gasteiger partial charge in [0.1, 0.15) is 12.1 Å². The summed E-state index contributed by atoms with van der Waals surface area (Å²) in [5.41, 5.74) is 3.43. The molecular weight excluding hydrogens is 298 g/mol. The summed E-state index contributed by atoms with van der Waals surface area (Å²) in [6, 6.07) is 7.99. The molecule has 6 heteroatoms. The third kappa shape index (κ3) is 2.13. The van der Waals surface area contributed by atoms with E-state index in [1.54, 1.807) is 6.33 Å². The Hall–Kier alpha value is -2.14. The van der Waals surface area contributed by atoms with Crippen LogP contribution in [0.4, 0.5) is 5.82 Å². The van der Waals surface area contributed by atoms with Crippen molar-refractivity contribution in [3.8, 4) is 0 Å². The summed E-state index contributed by atoms with van der Waals surface area (Å²) in [5.74, 6) is 1.76. The topological polar surface area (TPSA) is 46.3 Å². The molecule has 22 heavy (non-hydrogen) atoms. The number of aryl methyl sites for hydroxylation is 1. The van der Waals surface area contributed by atoms with Gasteiger partial charge in [0.2, 0.25) is 0 Å². The van der Waals surface area contributed by atoms with Gasteiger partial charge in [0.25, 0.3) is 5.78 Å². The van der Waals surface area contributed by atoms with Crippen molar-refractivity contribution < 1.29 is 0 Å². The molecule has 4 rings (SSSR count). The molecule has 0 N–H and O–H groups in total. The first-order valence-electron chi connectivity index (χ1n) is 7.41. The van der Waals surface area contributed by atoms with Crippen LogP contribution in [-0.4, -0.2) is 26.1 Å². The maximum absolute atomic E-state index is 6.33. The number of hydrogen-bond donors (Lipinski definition) is 0. The lowest BCUT2D eigenvalue weighted by Gasteiger charge is -2.32. The predicted octanol–water partition coefficient (Wildman–Crippen LogP) is 3.04. The summed E-state index contributed by atoms with van der Waals surface area (Å²) in [7, 11) is 0. The van der Waals surface area contributed by atoms with Gasteiger partial charge in [-0.3, -0.25) is 0 Å². The van der Waals surface area contributed by atoms with E-state index < -0.39 is 0 Å². The predicted molar refractivity (Wildman–Crippen MR) is 86.3 cm³/mol. The van der Waals surface area contributed by atoms with Gasteiger partial charge in [-0.25, -0.2) is 4.98 Å². The van der Waals surface area contributed by atoms with Gasteiger partial charge in [-0.15, -0.1) is 0 Å². The summed E-state index contributed by atoms with van der Waals surface area (Å²) >= 11 is 6.33. The number of halogens is 1. The third-order valence-electron chi connectivity index (χ3n) is 4.18. The van der Waals surface area contributed by atoms with Crippen LogP contribution in [0.1, 0.15) is 23.2 Å². The molecule has 5 nitrogen and oxygen atoms in total. The third-order valence-corrected chi connectivity index (χ3v) is 4.55. The minimum atomic E-state index is 0.655. The average Bonchev–Trinajstić information content (AvgIpc) is 2.98. The molecule has 0 bridgehead atoms. The summed E-state index contributed by atoms with van der Waals surface area (Å²) in [4.78, 5) is 11.1. The molecule has 2 aromatic heterocycles. The van der Waals surface area contributed by atoms with E-state index in [-0.39, 0.29) is 0 Å². The fourth-order valence-electron chi connectivity index (χ4n) is 3.12. The molecule has 0 unspecified atom stereocenters. The zero-order valence-corrected chi connectivity index (χ0v) is 13.1. The molecule has 1 aliphatic rings. The highest BCUT2D eigenvalue weighted by atomic mass is 35.5. The number of benzene rings is 1. The van der Waals surface area contributed by atoms with Gasteiger partial charge in [-0.05, 0) is 31.4 Å². The average molecular weight is 314 g/mol. The first kappa shape index (κ1) is 13.5. The second-order valence-electron chi connectivity index (χ2n) is 5.59. The lowest BCUT2D eigenvalue weighted by atomic mass is 10.0. The first-order chi connectivity index (χ1) is 10.7. The number of rotatable bonds is 2. The smallest absolute Gasteiger partial charge is 0.254 e. The lowest BCUT2D eigenvalue weighted by molar-refractivity contribution is 0.653. The number of anilines is 1. The Kier molecular flexibility index (Phi) is 3.22. The summed E-state index contributed by atoms with van der Waals surface area (Å²) in [6.45, 7) is 3.80. The molecular formula is C16H16ClN5. The van der Waals surface area contributed by atoms with E-state index >= 15 is 0 Å². The number of nitrogens with zero attached hydrogens (tertiary/aromatic N) is 5. The zero-order chi connectivity index (χ0) is 15.1. The largest absolute Gasteiger partial charge is 0.352 e. The maximum atomic E-state index is 6.33. The molecule has 0 amide bonds. The zero-order valence-electron chi connectivity index (χ0n) is 12.3. The highest BCUT2D eigenvalue weighted by molar-refractivity contribution is 6.31.